The molecule has 0 aromatic carbocycles. The van der Waals surface area contributed by atoms with Crippen molar-refractivity contribution < 1.29 is 14.6 Å². The van der Waals surface area contributed by atoms with E-state index in [1.54, 1.807) is 6.92 Å². The Balaban J connectivity index is 3.43. The Hall–Kier alpha value is -0.730. The van der Waals surface area contributed by atoms with E-state index in [1.165, 1.54) is 0 Å². The van der Waals surface area contributed by atoms with Gasteiger partial charge in [-0.1, -0.05) is 13.8 Å². The molecular formula is C7H14O3. The summed E-state index contributed by atoms with van der Waals surface area (Å²) in [6.07, 6.45) is -0.586. The highest BCUT2D eigenvalue weighted by Gasteiger charge is 2.08. The highest BCUT2D eigenvalue weighted by atomic mass is 16.7. The van der Waals surface area contributed by atoms with Crippen LogP contribution >= 0.6 is 0 Å². The molecule has 3 heteroatoms. The van der Waals surface area contributed by atoms with Crippen LogP contribution in [-0.2, 0) is 4.74 Å². The molecule has 0 aliphatic rings. The van der Waals surface area contributed by atoms with E-state index >= 15 is 0 Å². The third kappa shape index (κ3) is 5.41. The second-order valence-corrected chi connectivity index (χ2v) is 2.82. The number of hydrogen-bond donors (Lipinski definition) is 1. The SMILES string of the molecule is CC(C)CC(C)OC(=O)O. The third-order valence-electron chi connectivity index (χ3n) is 1.11. The first-order chi connectivity index (χ1) is 4.52. The standard InChI is InChI=1S/C7H14O3/c1-5(2)4-6(3)10-7(8)9/h5-6H,4H2,1-3H3,(H,8,9). The van der Waals surface area contributed by atoms with Gasteiger partial charge in [0.05, 0.1) is 0 Å². The molecule has 10 heavy (non-hydrogen) atoms. The number of carboxylic acid groups (broad SMARTS) is 1. The fraction of sp³-hybridized carbons (Fsp3) is 0.857. The fourth-order valence-electron chi connectivity index (χ4n) is 0.884. The molecule has 0 aromatic rings. The zero-order valence-corrected chi connectivity index (χ0v) is 6.63. The topological polar surface area (TPSA) is 46.5 Å². The smallest absolute Gasteiger partial charge is 0.450 e. The maximum absolute atomic E-state index is 9.97. The van der Waals surface area contributed by atoms with Gasteiger partial charge in [-0.3, -0.25) is 0 Å². The largest absolute Gasteiger partial charge is 0.506 e. The minimum atomic E-state index is -1.19. The second-order valence-electron chi connectivity index (χ2n) is 2.82. The summed E-state index contributed by atoms with van der Waals surface area (Å²) in [6.45, 7) is 5.82. The lowest BCUT2D eigenvalue weighted by Gasteiger charge is -2.11. The van der Waals surface area contributed by atoms with Crippen molar-refractivity contribution in [3.63, 3.8) is 0 Å². The molecule has 1 atom stereocenters. The second kappa shape index (κ2) is 4.14. The van der Waals surface area contributed by atoms with Crippen LogP contribution in [0.3, 0.4) is 0 Å². The molecule has 0 saturated heterocycles. The molecule has 0 radical (unpaired) electrons. The summed E-state index contributed by atoms with van der Waals surface area (Å²) >= 11 is 0. The van der Waals surface area contributed by atoms with Gasteiger partial charge in [-0.25, -0.2) is 4.79 Å². The summed E-state index contributed by atoms with van der Waals surface area (Å²) in [7, 11) is 0. The van der Waals surface area contributed by atoms with Gasteiger partial charge in [-0.05, 0) is 19.3 Å². The number of carbonyl (C=O) groups is 1. The van der Waals surface area contributed by atoms with Crippen LogP contribution in [0.4, 0.5) is 4.79 Å². The number of rotatable bonds is 3. The Morgan fingerprint density at radius 2 is 2.00 bits per heavy atom. The molecule has 1 N–H and O–H groups in total. The molecule has 3 nitrogen and oxygen atoms in total. The Kier molecular flexibility index (Phi) is 3.84. The highest BCUT2D eigenvalue weighted by Crippen LogP contribution is 2.06. The van der Waals surface area contributed by atoms with E-state index in [0.717, 1.165) is 6.42 Å². The molecule has 1 unspecified atom stereocenters. The van der Waals surface area contributed by atoms with Crippen LogP contribution in [0.1, 0.15) is 27.2 Å². The van der Waals surface area contributed by atoms with Crippen molar-refractivity contribution in [3.8, 4) is 0 Å². The van der Waals surface area contributed by atoms with Gasteiger partial charge in [0, 0.05) is 0 Å². The molecule has 0 amide bonds. The molecule has 0 fully saturated rings. The first-order valence-corrected chi connectivity index (χ1v) is 3.42. The summed E-state index contributed by atoms with van der Waals surface area (Å²) < 4.78 is 4.48. The van der Waals surface area contributed by atoms with Crippen LogP contribution in [0.2, 0.25) is 0 Å². The highest BCUT2D eigenvalue weighted by molar-refractivity contribution is 5.56. The van der Waals surface area contributed by atoms with Gasteiger partial charge in [0.15, 0.2) is 0 Å². The lowest BCUT2D eigenvalue weighted by molar-refractivity contribution is 0.0510. The van der Waals surface area contributed by atoms with Crippen LogP contribution in [0.5, 0.6) is 0 Å². The van der Waals surface area contributed by atoms with E-state index in [2.05, 4.69) is 4.74 Å². The normalized spacial score (nSPS) is 13.2. The average molecular weight is 146 g/mol. The maximum atomic E-state index is 9.97. The van der Waals surface area contributed by atoms with Crippen molar-refractivity contribution in [2.45, 2.75) is 33.3 Å². The average Bonchev–Trinajstić information content (AvgIpc) is 1.58. The fourth-order valence-corrected chi connectivity index (χ4v) is 0.884. The summed E-state index contributed by atoms with van der Waals surface area (Å²) in [5.74, 6) is 0.481. The van der Waals surface area contributed by atoms with Gasteiger partial charge in [0.25, 0.3) is 0 Å². The van der Waals surface area contributed by atoms with Gasteiger partial charge in [-0.15, -0.1) is 0 Å². The van der Waals surface area contributed by atoms with E-state index in [0.29, 0.717) is 5.92 Å². The third-order valence-corrected chi connectivity index (χ3v) is 1.11. The molecule has 0 saturated carbocycles. The van der Waals surface area contributed by atoms with E-state index in [9.17, 15) is 4.79 Å². The van der Waals surface area contributed by atoms with Gasteiger partial charge in [0.2, 0.25) is 0 Å². The van der Waals surface area contributed by atoms with E-state index in [-0.39, 0.29) is 6.10 Å². The molecule has 0 aliphatic heterocycles. The minimum Gasteiger partial charge on any atom is -0.450 e. The molecule has 0 spiro atoms. The summed E-state index contributed by atoms with van der Waals surface area (Å²) in [5, 5.41) is 8.17. The lowest BCUT2D eigenvalue weighted by atomic mass is 10.1. The van der Waals surface area contributed by atoms with Crippen LogP contribution in [0, 0.1) is 5.92 Å². The Labute approximate surface area is 61.0 Å². The van der Waals surface area contributed by atoms with Crippen LogP contribution in [0.15, 0.2) is 0 Å². The Bertz CT molecular complexity index is 109. The van der Waals surface area contributed by atoms with E-state index in [1.807, 2.05) is 13.8 Å². The molecular weight excluding hydrogens is 132 g/mol. The molecule has 0 heterocycles. The van der Waals surface area contributed by atoms with Gasteiger partial charge in [0.1, 0.15) is 6.10 Å². The first kappa shape index (κ1) is 9.27. The van der Waals surface area contributed by atoms with Crippen molar-refractivity contribution >= 4 is 6.16 Å². The molecule has 60 valence electrons. The summed E-state index contributed by atoms with van der Waals surface area (Å²) in [5.41, 5.74) is 0. The minimum absolute atomic E-state index is 0.183. The summed E-state index contributed by atoms with van der Waals surface area (Å²) in [6, 6.07) is 0. The van der Waals surface area contributed by atoms with Crippen LogP contribution in [-0.4, -0.2) is 17.4 Å². The van der Waals surface area contributed by atoms with Crippen molar-refractivity contribution in [2.24, 2.45) is 5.92 Å². The van der Waals surface area contributed by atoms with E-state index < -0.39 is 6.16 Å². The van der Waals surface area contributed by atoms with Gasteiger partial charge >= 0.3 is 6.16 Å². The number of ether oxygens (including phenoxy) is 1. The zero-order chi connectivity index (χ0) is 8.15. The van der Waals surface area contributed by atoms with Crippen molar-refractivity contribution in [1.29, 1.82) is 0 Å². The molecule has 0 aliphatic carbocycles. The Morgan fingerprint density at radius 3 is 2.30 bits per heavy atom. The quantitative estimate of drug-likeness (QED) is 0.620. The Morgan fingerprint density at radius 1 is 1.50 bits per heavy atom. The predicted molar refractivity (Wildman–Crippen MR) is 38.0 cm³/mol. The van der Waals surface area contributed by atoms with E-state index in [4.69, 9.17) is 5.11 Å². The zero-order valence-electron chi connectivity index (χ0n) is 6.63. The lowest BCUT2D eigenvalue weighted by Crippen LogP contribution is -2.14. The molecule has 0 bridgehead atoms. The van der Waals surface area contributed by atoms with Crippen molar-refractivity contribution in [2.75, 3.05) is 0 Å². The van der Waals surface area contributed by atoms with Gasteiger partial charge < -0.3 is 9.84 Å². The number of hydrogen-bond acceptors (Lipinski definition) is 2. The van der Waals surface area contributed by atoms with Crippen LogP contribution < -0.4 is 0 Å². The molecule has 0 rings (SSSR count). The molecule has 0 aromatic heterocycles. The van der Waals surface area contributed by atoms with Crippen molar-refractivity contribution in [3.05, 3.63) is 0 Å². The predicted octanol–water partition coefficient (Wildman–Crippen LogP) is 2.12. The monoisotopic (exact) mass is 146 g/mol. The first-order valence-electron chi connectivity index (χ1n) is 3.42. The maximum Gasteiger partial charge on any atom is 0.506 e. The van der Waals surface area contributed by atoms with Crippen LogP contribution in [0.25, 0.3) is 0 Å². The summed E-state index contributed by atoms with van der Waals surface area (Å²) in [4.78, 5) is 9.97. The van der Waals surface area contributed by atoms with Crippen molar-refractivity contribution in [1.82, 2.24) is 0 Å². The van der Waals surface area contributed by atoms with Gasteiger partial charge in [-0.2, -0.15) is 0 Å².